The average Bonchev–Trinajstić information content (AvgIpc) is 2.87. The summed E-state index contributed by atoms with van der Waals surface area (Å²) in [6, 6.07) is 19.8. The molecule has 4 nitrogen and oxygen atoms in total. The number of hydrogen-bond donors (Lipinski definition) is 1. The molecule has 2 aliphatic heterocycles. The molecule has 1 saturated heterocycles. The van der Waals surface area contributed by atoms with E-state index in [4.69, 9.17) is 9.47 Å². The number of halogens is 1. The van der Waals surface area contributed by atoms with E-state index >= 15 is 0 Å². The Bertz CT molecular complexity index is 1080. The lowest BCUT2D eigenvalue weighted by atomic mass is 10.00. The molecule has 2 atom stereocenters. The van der Waals surface area contributed by atoms with Crippen LogP contribution < -0.4 is 9.47 Å². The van der Waals surface area contributed by atoms with Gasteiger partial charge in [-0.15, -0.1) is 11.8 Å². The van der Waals surface area contributed by atoms with Gasteiger partial charge < -0.3 is 19.5 Å². The second-order valence-corrected chi connectivity index (χ2v) is 10.1. The van der Waals surface area contributed by atoms with Crippen molar-refractivity contribution >= 4 is 11.8 Å². The van der Waals surface area contributed by atoms with Gasteiger partial charge in [-0.05, 0) is 85.9 Å². The van der Waals surface area contributed by atoms with Gasteiger partial charge in [0.2, 0.25) is 0 Å². The van der Waals surface area contributed by atoms with Gasteiger partial charge in [-0.25, -0.2) is 4.39 Å². The van der Waals surface area contributed by atoms with Gasteiger partial charge in [0.25, 0.3) is 0 Å². The minimum atomic E-state index is -0.262. The van der Waals surface area contributed by atoms with Crippen molar-refractivity contribution in [2.45, 2.75) is 41.9 Å². The molecule has 3 aromatic rings. The normalized spacial score (nSPS) is 20.4. The molecule has 0 spiro atoms. The predicted octanol–water partition coefficient (Wildman–Crippen LogP) is 6.75. The van der Waals surface area contributed by atoms with E-state index in [1.54, 1.807) is 42.1 Å². The molecule has 5 rings (SSSR count). The quantitative estimate of drug-likeness (QED) is 0.380. The number of likely N-dealkylation sites (tertiary alicyclic amines) is 1. The number of aromatic hydroxyl groups is 1. The van der Waals surface area contributed by atoms with Crippen LogP contribution >= 0.6 is 11.8 Å². The number of piperidine rings is 1. The Morgan fingerprint density at radius 1 is 0.941 bits per heavy atom. The van der Waals surface area contributed by atoms with Gasteiger partial charge in [0.1, 0.15) is 29.2 Å². The van der Waals surface area contributed by atoms with Crippen molar-refractivity contribution < 1.29 is 19.0 Å². The fourth-order valence-electron chi connectivity index (χ4n) is 4.64. The van der Waals surface area contributed by atoms with Gasteiger partial charge in [0.05, 0.1) is 16.8 Å². The van der Waals surface area contributed by atoms with Crippen molar-refractivity contribution in [2.75, 3.05) is 26.2 Å². The van der Waals surface area contributed by atoms with E-state index in [9.17, 15) is 9.50 Å². The number of phenolic OH excluding ortho intramolecular Hbond substituents is 1. The highest BCUT2D eigenvalue weighted by Gasteiger charge is 2.33. The molecule has 0 radical (unpaired) electrons. The fraction of sp³-hybridized carbons (Fsp3) is 0.357. The number of phenols is 1. The van der Waals surface area contributed by atoms with Crippen LogP contribution in [0.15, 0.2) is 71.6 Å². The van der Waals surface area contributed by atoms with E-state index in [2.05, 4.69) is 4.90 Å². The zero-order valence-electron chi connectivity index (χ0n) is 19.2. The summed E-state index contributed by atoms with van der Waals surface area (Å²) in [6.45, 7) is 4.23. The van der Waals surface area contributed by atoms with E-state index in [0.29, 0.717) is 6.61 Å². The lowest BCUT2D eigenvalue weighted by molar-refractivity contribution is 0.190. The molecule has 6 heteroatoms. The smallest absolute Gasteiger partial charge is 0.140 e. The van der Waals surface area contributed by atoms with Gasteiger partial charge in [-0.1, -0.05) is 30.7 Å². The van der Waals surface area contributed by atoms with Crippen LogP contribution in [-0.4, -0.2) is 36.2 Å². The number of rotatable bonds is 7. The molecule has 2 heterocycles. The molecule has 34 heavy (non-hydrogen) atoms. The summed E-state index contributed by atoms with van der Waals surface area (Å²) in [7, 11) is 0. The number of ether oxygens (including phenoxy) is 2. The predicted molar refractivity (Wildman–Crippen MR) is 133 cm³/mol. The zero-order valence-corrected chi connectivity index (χ0v) is 20.0. The number of fused-ring (bicyclic) bond motifs is 1. The Hall–Kier alpha value is -2.70. The Morgan fingerprint density at radius 2 is 1.68 bits per heavy atom. The molecular weight excluding hydrogens is 449 g/mol. The number of benzene rings is 3. The molecule has 0 aromatic heterocycles. The third-order valence-corrected chi connectivity index (χ3v) is 7.80. The summed E-state index contributed by atoms with van der Waals surface area (Å²) >= 11 is 1.62. The first-order valence-electron chi connectivity index (χ1n) is 12.0. The summed E-state index contributed by atoms with van der Waals surface area (Å²) < 4.78 is 26.0. The van der Waals surface area contributed by atoms with Crippen LogP contribution in [0, 0.1) is 5.82 Å². The van der Waals surface area contributed by atoms with Crippen molar-refractivity contribution in [3.05, 3.63) is 83.7 Å². The summed E-state index contributed by atoms with van der Waals surface area (Å²) in [5.74, 6) is 1.54. The average molecular weight is 480 g/mol. The highest BCUT2D eigenvalue weighted by molar-refractivity contribution is 7.99. The first-order valence-corrected chi connectivity index (χ1v) is 12.9. The van der Waals surface area contributed by atoms with Gasteiger partial charge in [0.15, 0.2) is 0 Å². The zero-order chi connectivity index (χ0) is 23.3. The van der Waals surface area contributed by atoms with Crippen molar-refractivity contribution in [3.8, 4) is 17.2 Å². The third-order valence-electron chi connectivity index (χ3n) is 6.45. The molecule has 0 aliphatic carbocycles. The van der Waals surface area contributed by atoms with Crippen molar-refractivity contribution in [1.82, 2.24) is 4.90 Å². The molecule has 0 amide bonds. The van der Waals surface area contributed by atoms with Gasteiger partial charge in [0, 0.05) is 6.54 Å². The van der Waals surface area contributed by atoms with E-state index in [0.717, 1.165) is 40.5 Å². The largest absolute Gasteiger partial charge is 0.508 e. The molecule has 1 N–H and O–H groups in total. The van der Waals surface area contributed by atoms with Gasteiger partial charge >= 0.3 is 0 Å². The number of nitrogens with zero attached hydrogens (tertiary/aromatic N) is 1. The van der Waals surface area contributed by atoms with Crippen LogP contribution in [0.5, 0.6) is 17.2 Å². The summed E-state index contributed by atoms with van der Waals surface area (Å²) in [5, 5.41) is 9.85. The Kier molecular flexibility index (Phi) is 7.26. The highest BCUT2D eigenvalue weighted by atomic mass is 32.2. The Balaban J connectivity index is 1.28. The lowest BCUT2D eigenvalue weighted by Gasteiger charge is -2.34. The van der Waals surface area contributed by atoms with Crippen molar-refractivity contribution in [1.29, 1.82) is 0 Å². The Labute approximate surface area is 204 Å². The molecule has 178 valence electrons. The minimum Gasteiger partial charge on any atom is -0.508 e. The van der Waals surface area contributed by atoms with Crippen molar-refractivity contribution in [2.24, 2.45) is 0 Å². The van der Waals surface area contributed by atoms with Gasteiger partial charge in [-0.3, -0.25) is 0 Å². The van der Waals surface area contributed by atoms with E-state index in [1.807, 2.05) is 24.3 Å². The summed E-state index contributed by atoms with van der Waals surface area (Å²) in [5.41, 5.74) is 2.00. The molecule has 0 unspecified atom stereocenters. The lowest BCUT2D eigenvalue weighted by Crippen LogP contribution is -2.31. The number of thioether (sulfide) groups is 1. The molecular formula is C28H30FNO3S. The van der Waals surface area contributed by atoms with Crippen LogP contribution in [0.1, 0.15) is 48.2 Å². The maximum absolute atomic E-state index is 13.6. The standard InChI is InChI=1S/C28H30FNO3S/c29-22-9-5-21(6-10-22)28-27(33-25-14-11-23(31)19-26(25)34-28)20-7-12-24(13-8-20)32-18-4-17-30-15-2-1-3-16-30/h5-14,19,27-28,31H,1-4,15-18H2/t27-,28+/m1/s1. The SMILES string of the molecule is Oc1ccc2c(c1)S[C@@H](c1ccc(F)cc1)[C@@H](c1ccc(OCCCN3CCCCC3)cc1)O2. The van der Waals surface area contributed by atoms with E-state index in [1.165, 1.54) is 44.5 Å². The van der Waals surface area contributed by atoms with Crippen molar-refractivity contribution in [3.63, 3.8) is 0 Å². The second kappa shape index (κ2) is 10.7. The van der Waals surface area contributed by atoms with Crippen LogP contribution in [0.25, 0.3) is 0 Å². The van der Waals surface area contributed by atoms with Crippen LogP contribution in [-0.2, 0) is 0 Å². The van der Waals surface area contributed by atoms with E-state index < -0.39 is 0 Å². The monoisotopic (exact) mass is 479 g/mol. The maximum Gasteiger partial charge on any atom is 0.140 e. The number of hydrogen-bond acceptors (Lipinski definition) is 5. The molecule has 0 bridgehead atoms. The summed E-state index contributed by atoms with van der Waals surface area (Å²) in [6.07, 6.45) is 4.77. The third kappa shape index (κ3) is 5.50. The minimum absolute atomic E-state index is 0.0776. The van der Waals surface area contributed by atoms with Crippen LogP contribution in [0.3, 0.4) is 0 Å². The molecule has 2 aliphatic rings. The highest BCUT2D eigenvalue weighted by Crippen LogP contribution is 2.53. The first kappa shape index (κ1) is 23.1. The maximum atomic E-state index is 13.6. The molecule has 3 aromatic carbocycles. The fourth-order valence-corrected chi connectivity index (χ4v) is 5.96. The molecule has 1 fully saturated rings. The Morgan fingerprint density at radius 3 is 2.44 bits per heavy atom. The summed E-state index contributed by atoms with van der Waals surface area (Å²) in [4.78, 5) is 3.40. The van der Waals surface area contributed by atoms with Gasteiger partial charge in [-0.2, -0.15) is 0 Å². The molecule has 0 saturated carbocycles. The van der Waals surface area contributed by atoms with Crippen LogP contribution in [0.2, 0.25) is 0 Å². The van der Waals surface area contributed by atoms with Crippen LogP contribution in [0.4, 0.5) is 4.39 Å². The second-order valence-electron chi connectivity index (χ2n) is 8.93. The first-order chi connectivity index (χ1) is 16.7. The topological polar surface area (TPSA) is 41.9 Å². The van der Waals surface area contributed by atoms with E-state index in [-0.39, 0.29) is 22.9 Å².